The quantitative estimate of drug-likeness (QED) is 0.115. The molecule has 7 nitrogen and oxygen atoms in total. The van der Waals surface area contributed by atoms with E-state index in [0.717, 1.165) is 81.6 Å². The van der Waals surface area contributed by atoms with E-state index in [1.54, 1.807) is 0 Å². The average molecular weight is 602 g/mol. The highest BCUT2D eigenvalue weighted by atomic mass is 32.1. The molecule has 0 bridgehead atoms. The summed E-state index contributed by atoms with van der Waals surface area (Å²) in [5, 5.41) is 21.2. The van der Waals surface area contributed by atoms with Gasteiger partial charge in [-0.15, -0.1) is 0 Å². The standard InChI is InChI=1S/C30H47N7S3/c1-5-25-6-10-27(11-7-25)35-29(39)33-17-20-37(19-16-31-14-15-32-24(4)38)21-18-34-30(40)36-28-12-8-26(9-13-28)22-23(2)3/h6-13,23,31H,5,14-22H2,1-4H3,(H,32,38)(H2,33,35,39)(H2,34,36,40). The minimum absolute atomic E-state index is 0.631. The van der Waals surface area contributed by atoms with Crippen molar-refractivity contribution in [1.29, 1.82) is 0 Å². The molecule has 40 heavy (non-hydrogen) atoms. The lowest BCUT2D eigenvalue weighted by molar-refractivity contribution is 0.281. The topological polar surface area (TPSA) is 75.4 Å². The van der Waals surface area contributed by atoms with Crippen LogP contribution in [0.5, 0.6) is 0 Å². The van der Waals surface area contributed by atoms with Gasteiger partial charge in [0.25, 0.3) is 0 Å². The minimum atomic E-state index is 0.631. The van der Waals surface area contributed by atoms with Crippen molar-refractivity contribution in [1.82, 2.24) is 26.2 Å². The zero-order valence-electron chi connectivity index (χ0n) is 24.4. The third-order valence-corrected chi connectivity index (χ3v) is 6.82. The van der Waals surface area contributed by atoms with Crippen LogP contribution in [0.1, 0.15) is 38.8 Å². The molecule has 0 aromatic heterocycles. The number of rotatable bonds is 17. The van der Waals surface area contributed by atoms with Crippen molar-refractivity contribution >= 4 is 63.2 Å². The molecule has 220 valence electrons. The summed E-state index contributed by atoms with van der Waals surface area (Å²) in [5.74, 6) is 0.644. The van der Waals surface area contributed by atoms with Gasteiger partial charge in [-0.3, -0.25) is 4.90 Å². The summed E-state index contributed by atoms with van der Waals surface area (Å²) in [6.45, 7) is 15.2. The predicted octanol–water partition coefficient (Wildman–Crippen LogP) is 4.55. The summed E-state index contributed by atoms with van der Waals surface area (Å²) in [4.78, 5) is 3.22. The number of nitrogens with one attached hydrogen (secondary N) is 6. The maximum atomic E-state index is 5.54. The molecule has 0 spiro atoms. The van der Waals surface area contributed by atoms with E-state index >= 15 is 0 Å². The van der Waals surface area contributed by atoms with Crippen LogP contribution >= 0.6 is 36.7 Å². The fourth-order valence-corrected chi connectivity index (χ4v) is 4.59. The Balaban J connectivity index is 1.76. The molecular formula is C30H47N7S3. The summed E-state index contributed by atoms with van der Waals surface area (Å²) in [5.41, 5.74) is 4.65. The van der Waals surface area contributed by atoms with Crippen LogP contribution in [0.25, 0.3) is 0 Å². The van der Waals surface area contributed by atoms with Gasteiger partial charge in [-0.25, -0.2) is 0 Å². The first-order chi connectivity index (χ1) is 19.2. The number of thiocarbonyl (C=S) groups is 3. The molecule has 2 aromatic rings. The number of benzene rings is 2. The first kappa shape index (κ1) is 33.8. The van der Waals surface area contributed by atoms with Gasteiger partial charge in [0, 0.05) is 63.7 Å². The molecule has 10 heteroatoms. The Bertz CT molecular complexity index is 1030. The maximum absolute atomic E-state index is 5.54. The third kappa shape index (κ3) is 15.4. The summed E-state index contributed by atoms with van der Waals surface area (Å²) in [7, 11) is 0. The lowest BCUT2D eigenvalue weighted by Crippen LogP contribution is -2.43. The van der Waals surface area contributed by atoms with Gasteiger partial charge in [0.05, 0.1) is 4.99 Å². The van der Waals surface area contributed by atoms with Crippen LogP contribution < -0.4 is 31.9 Å². The van der Waals surface area contributed by atoms with Crippen LogP contribution in [0.3, 0.4) is 0 Å². The monoisotopic (exact) mass is 601 g/mol. The Labute approximate surface area is 257 Å². The SMILES string of the molecule is CCc1ccc(NC(=S)NCCN(CCNCCNC(C)=S)CCNC(=S)Nc2ccc(CC(C)C)cc2)cc1. The van der Waals surface area contributed by atoms with Gasteiger partial charge < -0.3 is 31.9 Å². The molecule has 0 aliphatic rings. The number of hydrogen-bond acceptors (Lipinski definition) is 5. The Morgan fingerprint density at radius 3 is 1.65 bits per heavy atom. The number of anilines is 2. The lowest BCUT2D eigenvalue weighted by Gasteiger charge is -2.24. The fourth-order valence-electron chi connectivity index (χ4n) is 4.05. The largest absolute Gasteiger partial charge is 0.379 e. The Morgan fingerprint density at radius 1 is 0.675 bits per heavy atom. The van der Waals surface area contributed by atoms with Crippen molar-refractivity contribution in [2.45, 2.75) is 40.5 Å². The first-order valence-electron chi connectivity index (χ1n) is 14.2. The van der Waals surface area contributed by atoms with E-state index in [1.165, 1.54) is 11.1 Å². The van der Waals surface area contributed by atoms with Gasteiger partial charge in [0.1, 0.15) is 0 Å². The van der Waals surface area contributed by atoms with Gasteiger partial charge in [-0.05, 0) is 85.5 Å². The molecule has 2 aromatic carbocycles. The second kappa shape index (κ2) is 19.7. The summed E-state index contributed by atoms with van der Waals surface area (Å²) >= 11 is 16.1. The maximum Gasteiger partial charge on any atom is 0.170 e. The molecule has 0 radical (unpaired) electrons. The molecule has 0 aliphatic carbocycles. The lowest BCUT2D eigenvalue weighted by atomic mass is 10.0. The van der Waals surface area contributed by atoms with E-state index < -0.39 is 0 Å². The van der Waals surface area contributed by atoms with Crippen molar-refractivity contribution in [2.75, 3.05) is 63.0 Å². The summed E-state index contributed by atoms with van der Waals surface area (Å²) in [6, 6.07) is 16.9. The van der Waals surface area contributed by atoms with E-state index in [-0.39, 0.29) is 0 Å². The van der Waals surface area contributed by atoms with Crippen molar-refractivity contribution in [2.24, 2.45) is 5.92 Å². The molecule has 0 unspecified atom stereocenters. The molecule has 0 aliphatic heterocycles. The van der Waals surface area contributed by atoms with E-state index in [2.05, 4.69) is 106 Å². The molecule has 0 fully saturated rings. The van der Waals surface area contributed by atoms with E-state index in [0.29, 0.717) is 16.1 Å². The fraction of sp³-hybridized carbons (Fsp3) is 0.500. The average Bonchev–Trinajstić information content (AvgIpc) is 2.91. The van der Waals surface area contributed by atoms with Crippen LogP contribution in [-0.4, -0.2) is 72.5 Å². The summed E-state index contributed by atoms with van der Waals surface area (Å²) in [6.07, 6.45) is 2.11. The van der Waals surface area contributed by atoms with Gasteiger partial charge in [0.15, 0.2) is 10.2 Å². The van der Waals surface area contributed by atoms with Crippen molar-refractivity contribution in [3.8, 4) is 0 Å². The molecular weight excluding hydrogens is 555 g/mol. The Morgan fingerprint density at radius 2 is 1.18 bits per heavy atom. The van der Waals surface area contributed by atoms with E-state index in [9.17, 15) is 0 Å². The minimum Gasteiger partial charge on any atom is -0.379 e. The van der Waals surface area contributed by atoms with Gasteiger partial charge in [-0.1, -0.05) is 57.3 Å². The number of hydrogen-bond donors (Lipinski definition) is 6. The van der Waals surface area contributed by atoms with E-state index in [1.807, 2.05) is 6.92 Å². The van der Waals surface area contributed by atoms with Gasteiger partial charge in [0.2, 0.25) is 0 Å². The number of nitrogens with zero attached hydrogens (tertiary/aromatic N) is 1. The molecule has 0 saturated carbocycles. The molecule has 0 amide bonds. The second-order valence-electron chi connectivity index (χ2n) is 10.2. The predicted molar refractivity (Wildman–Crippen MR) is 185 cm³/mol. The van der Waals surface area contributed by atoms with Crippen LogP contribution in [0.4, 0.5) is 11.4 Å². The molecule has 0 heterocycles. The molecule has 0 atom stereocenters. The zero-order valence-corrected chi connectivity index (χ0v) is 26.9. The highest BCUT2D eigenvalue weighted by Crippen LogP contribution is 2.13. The summed E-state index contributed by atoms with van der Waals surface area (Å²) < 4.78 is 0. The van der Waals surface area contributed by atoms with Crippen molar-refractivity contribution in [3.63, 3.8) is 0 Å². The van der Waals surface area contributed by atoms with Crippen molar-refractivity contribution in [3.05, 3.63) is 59.7 Å². The Hall–Kier alpha value is -2.37. The van der Waals surface area contributed by atoms with Crippen LogP contribution in [0, 0.1) is 5.92 Å². The molecule has 0 saturated heterocycles. The highest BCUT2D eigenvalue weighted by Gasteiger charge is 2.07. The van der Waals surface area contributed by atoms with E-state index in [4.69, 9.17) is 36.7 Å². The van der Waals surface area contributed by atoms with Crippen LogP contribution in [0.15, 0.2) is 48.5 Å². The highest BCUT2D eigenvalue weighted by molar-refractivity contribution is 7.80. The van der Waals surface area contributed by atoms with Crippen LogP contribution in [0.2, 0.25) is 0 Å². The first-order valence-corrected chi connectivity index (χ1v) is 15.4. The third-order valence-electron chi connectivity index (χ3n) is 6.18. The normalized spacial score (nSPS) is 10.8. The van der Waals surface area contributed by atoms with Crippen molar-refractivity contribution < 1.29 is 0 Å². The number of aryl methyl sites for hydroxylation is 1. The second-order valence-corrected chi connectivity index (χ2v) is 11.6. The Kier molecular flexibility index (Phi) is 16.6. The zero-order chi connectivity index (χ0) is 29.2. The molecule has 6 N–H and O–H groups in total. The van der Waals surface area contributed by atoms with Crippen LogP contribution in [-0.2, 0) is 12.8 Å². The van der Waals surface area contributed by atoms with Gasteiger partial charge in [-0.2, -0.15) is 0 Å². The van der Waals surface area contributed by atoms with Gasteiger partial charge >= 0.3 is 0 Å². The molecule has 2 rings (SSSR count). The smallest absolute Gasteiger partial charge is 0.170 e.